The summed E-state index contributed by atoms with van der Waals surface area (Å²) in [5.74, 6) is 0.0164. The summed E-state index contributed by atoms with van der Waals surface area (Å²) in [4.78, 5) is 17.1. The summed E-state index contributed by atoms with van der Waals surface area (Å²) >= 11 is 0. The Bertz CT molecular complexity index is 344. The first-order valence-corrected chi connectivity index (χ1v) is 8.69. The van der Waals surface area contributed by atoms with E-state index in [4.69, 9.17) is 0 Å². The van der Waals surface area contributed by atoms with Crippen molar-refractivity contribution in [1.29, 1.82) is 0 Å². The third-order valence-electron chi connectivity index (χ3n) is 4.86. The van der Waals surface area contributed by atoms with Crippen molar-refractivity contribution in [3.8, 4) is 0 Å². The molecule has 1 saturated heterocycles. The first kappa shape index (κ1) is 19.4. The van der Waals surface area contributed by atoms with E-state index in [1.807, 2.05) is 13.8 Å². The quantitative estimate of drug-likeness (QED) is 0.712. The summed E-state index contributed by atoms with van der Waals surface area (Å²) in [5.41, 5.74) is -1.29. The Hall–Kier alpha value is -0.650. The Balaban J connectivity index is 2.58. The zero-order chi connectivity index (χ0) is 16.8. The van der Waals surface area contributed by atoms with E-state index in [9.17, 15) is 9.90 Å². The summed E-state index contributed by atoms with van der Waals surface area (Å²) in [6.45, 7) is 12.2. The number of rotatable bonds is 8. The van der Waals surface area contributed by atoms with Gasteiger partial charge in [0.1, 0.15) is 0 Å². The molecule has 1 fully saturated rings. The standard InChI is InChI=1S/C17H35N3O2/c1-6-8-17(22,9-7-2)14-18-15(21)16(3,4)20-12-10-19(5)11-13-20/h22H,6-14H2,1-5H3,(H,18,21). The number of hydrogen-bond donors (Lipinski definition) is 2. The van der Waals surface area contributed by atoms with Crippen LogP contribution in [-0.2, 0) is 4.79 Å². The fourth-order valence-electron chi connectivity index (χ4n) is 3.20. The molecule has 1 amide bonds. The molecule has 1 aliphatic heterocycles. The molecule has 0 aromatic heterocycles. The fraction of sp³-hybridized carbons (Fsp3) is 0.941. The molecule has 5 heteroatoms. The first-order valence-electron chi connectivity index (χ1n) is 8.69. The number of carbonyl (C=O) groups is 1. The number of piperazine rings is 1. The van der Waals surface area contributed by atoms with Crippen LogP contribution in [0.5, 0.6) is 0 Å². The van der Waals surface area contributed by atoms with Gasteiger partial charge in [-0.25, -0.2) is 0 Å². The van der Waals surface area contributed by atoms with Crippen LogP contribution in [0.1, 0.15) is 53.4 Å². The molecule has 22 heavy (non-hydrogen) atoms. The summed E-state index contributed by atoms with van der Waals surface area (Å²) in [6.07, 6.45) is 3.31. The Morgan fingerprint density at radius 2 is 1.59 bits per heavy atom. The normalized spacial score (nSPS) is 18.5. The van der Waals surface area contributed by atoms with Crippen molar-refractivity contribution in [1.82, 2.24) is 15.1 Å². The van der Waals surface area contributed by atoms with Crippen LogP contribution in [0, 0.1) is 0 Å². The molecule has 0 unspecified atom stereocenters. The van der Waals surface area contributed by atoms with Crippen molar-refractivity contribution >= 4 is 5.91 Å². The highest BCUT2D eigenvalue weighted by Crippen LogP contribution is 2.20. The molecular weight excluding hydrogens is 278 g/mol. The first-order chi connectivity index (χ1) is 10.2. The predicted octanol–water partition coefficient (Wildman–Crippen LogP) is 1.46. The van der Waals surface area contributed by atoms with Crippen molar-refractivity contribution in [2.24, 2.45) is 0 Å². The van der Waals surface area contributed by atoms with Gasteiger partial charge in [0, 0.05) is 32.7 Å². The highest BCUT2D eigenvalue weighted by Gasteiger charge is 2.37. The minimum atomic E-state index is -0.767. The second-order valence-electron chi connectivity index (χ2n) is 7.26. The van der Waals surface area contributed by atoms with Crippen molar-refractivity contribution in [2.45, 2.75) is 64.5 Å². The topological polar surface area (TPSA) is 55.8 Å². The Labute approximate surface area is 136 Å². The number of aliphatic hydroxyl groups is 1. The third-order valence-corrected chi connectivity index (χ3v) is 4.86. The second-order valence-corrected chi connectivity index (χ2v) is 7.26. The van der Waals surface area contributed by atoms with Crippen LogP contribution in [0.4, 0.5) is 0 Å². The largest absolute Gasteiger partial charge is 0.388 e. The summed E-state index contributed by atoms with van der Waals surface area (Å²) in [7, 11) is 2.11. The van der Waals surface area contributed by atoms with Gasteiger partial charge < -0.3 is 15.3 Å². The van der Waals surface area contributed by atoms with Gasteiger partial charge in [0.25, 0.3) is 0 Å². The van der Waals surface area contributed by atoms with Crippen LogP contribution in [0.2, 0.25) is 0 Å². The van der Waals surface area contributed by atoms with Crippen molar-refractivity contribution in [3.05, 3.63) is 0 Å². The zero-order valence-electron chi connectivity index (χ0n) is 15.1. The lowest BCUT2D eigenvalue weighted by atomic mass is 9.92. The number of likely N-dealkylation sites (N-methyl/N-ethyl adjacent to an activating group) is 1. The Morgan fingerprint density at radius 1 is 1.09 bits per heavy atom. The average Bonchev–Trinajstić information content (AvgIpc) is 2.46. The number of carbonyl (C=O) groups excluding carboxylic acids is 1. The number of amides is 1. The lowest BCUT2D eigenvalue weighted by molar-refractivity contribution is -0.134. The molecule has 0 radical (unpaired) electrons. The van der Waals surface area contributed by atoms with Gasteiger partial charge >= 0.3 is 0 Å². The fourth-order valence-corrected chi connectivity index (χ4v) is 3.20. The maximum absolute atomic E-state index is 12.6. The van der Waals surface area contributed by atoms with E-state index in [1.165, 1.54) is 0 Å². The Kier molecular flexibility index (Phi) is 7.29. The van der Waals surface area contributed by atoms with E-state index in [0.29, 0.717) is 6.54 Å². The van der Waals surface area contributed by atoms with E-state index >= 15 is 0 Å². The van der Waals surface area contributed by atoms with Gasteiger partial charge in [0.15, 0.2) is 0 Å². The minimum Gasteiger partial charge on any atom is -0.388 e. The molecule has 0 aromatic rings. The molecule has 1 heterocycles. The van der Waals surface area contributed by atoms with Crippen LogP contribution in [-0.4, -0.2) is 71.7 Å². The van der Waals surface area contributed by atoms with Crippen LogP contribution >= 0.6 is 0 Å². The van der Waals surface area contributed by atoms with Gasteiger partial charge in [0.2, 0.25) is 5.91 Å². The van der Waals surface area contributed by atoms with Crippen molar-refractivity contribution in [2.75, 3.05) is 39.8 Å². The maximum atomic E-state index is 12.6. The molecule has 0 bridgehead atoms. The van der Waals surface area contributed by atoms with Crippen molar-refractivity contribution in [3.63, 3.8) is 0 Å². The summed E-state index contributed by atoms with van der Waals surface area (Å²) in [6, 6.07) is 0. The lowest BCUT2D eigenvalue weighted by Crippen LogP contribution is -2.61. The van der Waals surface area contributed by atoms with Gasteiger partial charge in [0.05, 0.1) is 11.1 Å². The van der Waals surface area contributed by atoms with Crippen LogP contribution in [0.15, 0.2) is 0 Å². The molecule has 0 saturated carbocycles. The predicted molar refractivity (Wildman–Crippen MR) is 90.9 cm³/mol. The molecule has 2 N–H and O–H groups in total. The number of hydrogen-bond acceptors (Lipinski definition) is 4. The SMILES string of the molecule is CCCC(O)(CCC)CNC(=O)C(C)(C)N1CCN(C)CC1. The van der Waals surface area contributed by atoms with Crippen molar-refractivity contribution < 1.29 is 9.90 Å². The second kappa shape index (κ2) is 8.27. The van der Waals surface area contributed by atoms with Gasteiger partial charge in [-0.05, 0) is 33.7 Å². The number of nitrogens with one attached hydrogen (secondary N) is 1. The highest BCUT2D eigenvalue weighted by atomic mass is 16.3. The van der Waals surface area contributed by atoms with E-state index in [1.54, 1.807) is 0 Å². The molecular formula is C17H35N3O2. The van der Waals surface area contributed by atoms with E-state index < -0.39 is 11.1 Å². The van der Waals surface area contributed by atoms with E-state index in [0.717, 1.165) is 51.9 Å². The maximum Gasteiger partial charge on any atom is 0.240 e. The average molecular weight is 313 g/mol. The summed E-state index contributed by atoms with van der Waals surface area (Å²) in [5, 5.41) is 13.6. The molecule has 5 nitrogen and oxygen atoms in total. The summed E-state index contributed by atoms with van der Waals surface area (Å²) < 4.78 is 0. The number of nitrogens with zero attached hydrogens (tertiary/aromatic N) is 2. The molecule has 0 aromatic carbocycles. The van der Waals surface area contributed by atoms with Gasteiger partial charge in [-0.2, -0.15) is 0 Å². The molecule has 0 aliphatic carbocycles. The molecule has 130 valence electrons. The van der Waals surface area contributed by atoms with E-state index in [-0.39, 0.29) is 5.91 Å². The monoisotopic (exact) mass is 313 g/mol. The minimum absolute atomic E-state index is 0.0164. The lowest BCUT2D eigenvalue weighted by Gasteiger charge is -2.42. The van der Waals surface area contributed by atoms with Crippen LogP contribution in [0.25, 0.3) is 0 Å². The van der Waals surface area contributed by atoms with E-state index in [2.05, 4.69) is 36.0 Å². The smallest absolute Gasteiger partial charge is 0.240 e. The molecule has 1 aliphatic rings. The van der Waals surface area contributed by atoms with Gasteiger partial charge in [-0.1, -0.05) is 26.7 Å². The molecule has 0 spiro atoms. The third kappa shape index (κ3) is 5.21. The van der Waals surface area contributed by atoms with Gasteiger partial charge in [-0.15, -0.1) is 0 Å². The van der Waals surface area contributed by atoms with Crippen LogP contribution in [0.3, 0.4) is 0 Å². The van der Waals surface area contributed by atoms with Gasteiger partial charge in [-0.3, -0.25) is 9.69 Å². The Morgan fingerprint density at radius 3 is 2.05 bits per heavy atom. The molecule has 0 atom stereocenters. The molecule has 1 rings (SSSR count). The zero-order valence-corrected chi connectivity index (χ0v) is 15.1. The van der Waals surface area contributed by atoms with Crippen LogP contribution < -0.4 is 5.32 Å². The highest BCUT2D eigenvalue weighted by molar-refractivity contribution is 5.85.